The first-order chi connectivity index (χ1) is 15.2. The van der Waals surface area contributed by atoms with E-state index in [1.54, 1.807) is 35.6 Å². The summed E-state index contributed by atoms with van der Waals surface area (Å²) in [6, 6.07) is 10.5. The van der Waals surface area contributed by atoms with Gasteiger partial charge in [0.1, 0.15) is 0 Å². The number of hydrogen-bond donors (Lipinski definition) is 3. The van der Waals surface area contributed by atoms with Gasteiger partial charge in [0.25, 0.3) is 0 Å². The van der Waals surface area contributed by atoms with Crippen LogP contribution in [0, 0.1) is 6.92 Å². The summed E-state index contributed by atoms with van der Waals surface area (Å²) in [5, 5.41) is 9.51. The molecule has 0 aliphatic rings. The molecule has 1 aromatic carbocycles. The summed E-state index contributed by atoms with van der Waals surface area (Å²) in [5.74, 6) is -0.555. The van der Waals surface area contributed by atoms with Crippen LogP contribution in [0.5, 0.6) is 0 Å². The maximum absolute atomic E-state index is 12.7. The van der Waals surface area contributed by atoms with E-state index in [9.17, 15) is 14.4 Å². The molecule has 3 N–H and O–H groups in total. The van der Waals surface area contributed by atoms with Gasteiger partial charge in [0.05, 0.1) is 29.6 Å². The van der Waals surface area contributed by atoms with E-state index >= 15 is 0 Å². The Morgan fingerprint density at radius 2 is 1.75 bits per heavy atom. The number of aromatic nitrogens is 1. The fourth-order valence-electron chi connectivity index (χ4n) is 3.04. The molecule has 32 heavy (non-hydrogen) atoms. The van der Waals surface area contributed by atoms with Crippen LogP contribution in [-0.2, 0) is 20.9 Å². The number of hydrogen-bond acceptors (Lipinski definition) is 6. The number of benzene rings is 1. The maximum atomic E-state index is 12.7. The van der Waals surface area contributed by atoms with E-state index in [1.807, 2.05) is 19.1 Å². The number of halogens is 1. The Bertz CT molecular complexity index is 1120. The van der Waals surface area contributed by atoms with Gasteiger partial charge in [-0.05, 0) is 36.8 Å². The fourth-order valence-corrected chi connectivity index (χ4v) is 5.07. The number of carbonyl (C=O) groups excluding carboxylic acids is 3. The van der Waals surface area contributed by atoms with Crippen LogP contribution in [0.1, 0.15) is 41.6 Å². The van der Waals surface area contributed by atoms with Crippen molar-refractivity contribution in [1.82, 2.24) is 15.6 Å². The quantitative estimate of drug-likeness (QED) is 0.427. The monoisotopic (exact) mass is 490 g/mol. The van der Waals surface area contributed by atoms with Gasteiger partial charge >= 0.3 is 0 Å². The molecule has 0 fully saturated rings. The minimum absolute atomic E-state index is 0.0645. The summed E-state index contributed by atoms with van der Waals surface area (Å²) < 4.78 is 0. The molecule has 0 radical (unpaired) electrons. The second-order valence-corrected chi connectivity index (χ2v) is 9.96. The average molecular weight is 491 g/mol. The lowest BCUT2D eigenvalue weighted by atomic mass is 10.0. The largest absolute Gasteiger partial charge is 0.351 e. The van der Waals surface area contributed by atoms with Crippen LogP contribution in [0.4, 0.5) is 5.13 Å². The average Bonchev–Trinajstić information content (AvgIpc) is 3.32. The molecule has 7 nitrogen and oxygen atoms in total. The van der Waals surface area contributed by atoms with Crippen LogP contribution in [0.3, 0.4) is 0 Å². The van der Waals surface area contributed by atoms with Crippen molar-refractivity contribution in [3.8, 4) is 10.6 Å². The van der Waals surface area contributed by atoms with Gasteiger partial charge in [-0.15, -0.1) is 22.7 Å². The van der Waals surface area contributed by atoms with Crippen LogP contribution in [0.15, 0.2) is 36.4 Å². The first-order valence-corrected chi connectivity index (χ1v) is 11.9. The second-order valence-electron chi connectivity index (χ2n) is 7.16. The third kappa shape index (κ3) is 6.62. The third-order valence-electron chi connectivity index (χ3n) is 4.49. The highest BCUT2D eigenvalue weighted by atomic mass is 35.5. The summed E-state index contributed by atoms with van der Waals surface area (Å²) in [6.45, 7) is 5.32. The van der Waals surface area contributed by atoms with E-state index in [-0.39, 0.29) is 24.1 Å². The molecular formula is C22H23ClN4O3S2. The summed E-state index contributed by atoms with van der Waals surface area (Å²) in [4.78, 5) is 43.0. The molecule has 1 unspecified atom stereocenters. The first-order valence-electron chi connectivity index (χ1n) is 9.84. The number of thiophene rings is 1. The smallest absolute Gasteiger partial charge is 0.228 e. The minimum Gasteiger partial charge on any atom is -0.351 e. The van der Waals surface area contributed by atoms with Crippen molar-refractivity contribution in [2.45, 2.75) is 39.8 Å². The van der Waals surface area contributed by atoms with Gasteiger partial charge in [0, 0.05) is 28.6 Å². The van der Waals surface area contributed by atoms with Crippen LogP contribution >= 0.6 is 34.3 Å². The molecule has 0 spiro atoms. The normalized spacial score (nSPS) is 11.6. The van der Waals surface area contributed by atoms with E-state index in [0.717, 1.165) is 25.9 Å². The molecule has 3 aromatic rings. The molecule has 2 aromatic heterocycles. The van der Waals surface area contributed by atoms with Crippen molar-refractivity contribution in [3.63, 3.8) is 0 Å². The van der Waals surface area contributed by atoms with Gasteiger partial charge in [-0.1, -0.05) is 23.7 Å². The SMILES string of the molecule is CC(=O)NCc1ccc(-c2nc(NC(=O)CC(NC(C)=O)c3ccc(Cl)cc3)sc2C)s1. The zero-order chi connectivity index (χ0) is 23.3. The number of nitrogens with zero attached hydrogens (tertiary/aromatic N) is 1. The summed E-state index contributed by atoms with van der Waals surface area (Å²) in [6.07, 6.45) is 0.0645. The van der Waals surface area contributed by atoms with E-state index in [1.165, 1.54) is 25.2 Å². The predicted molar refractivity (Wildman–Crippen MR) is 129 cm³/mol. The zero-order valence-corrected chi connectivity index (χ0v) is 20.2. The van der Waals surface area contributed by atoms with Crippen molar-refractivity contribution in [1.29, 1.82) is 0 Å². The van der Waals surface area contributed by atoms with Crippen LogP contribution in [0.25, 0.3) is 10.6 Å². The van der Waals surface area contributed by atoms with Crippen molar-refractivity contribution >= 4 is 57.1 Å². The number of rotatable bonds is 8. The van der Waals surface area contributed by atoms with Crippen LogP contribution < -0.4 is 16.0 Å². The lowest BCUT2D eigenvalue weighted by Crippen LogP contribution is -2.29. The van der Waals surface area contributed by atoms with Gasteiger partial charge in [-0.25, -0.2) is 4.98 Å². The fraction of sp³-hybridized carbons (Fsp3) is 0.273. The van der Waals surface area contributed by atoms with Crippen molar-refractivity contribution < 1.29 is 14.4 Å². The first kappa shape index (κ1) is 23.9. The molecular weight excluding hydrogens is 468 g/mol. The Balaban J connectivity index is 1.69. The van der Waals surface area contributed by atoms with Crippen LogP contribution in [0.2, 0.25) is 5.02 Å². The van der Waals surface area contributed by atoms with Crippen LogP contribution in [-0.4, -0.2) is 22.7 Å². The molecule has 168 valence electrons. The predicted octanol–water partition coefficient (Wildman–Crippen LogP) is 4.68. The molecule has 3 rings (SSSR count). The number of carbonyl (C=O) groups is 3. The molecule has 10 heteroatoms. The summed E-state index contributed by atoms with van der Waals surface area (Å²) >= 11 is 8.89. The highest BCUT2D eigenvalue weighted by molar-refractivity contribution is 7.18. The lowest BCUT2D eigenvalue weighted by Gasteiger charge is -2.17. The number of thiazole rings is 1. The van der Waals surface area contributed by atoms with Gasteiger partial charge in [0.15, 0.2) is 5.13 Å². The molecule has 0 aliphatic heterocycles. The van der Waals surface area contributed by atoms with E-state index in [4.69, 9.17) is 11.6 Å². The number of aryl methyl sites for hydroxylation is 1. The highest BCUT2D eigenvalue weighted by Crippen LogP contribution is 2.35. The Labute approximate surface area is 199 Å². The molecule has 0 saturated heterocycles. The van der Waals surface area contributed by atoms with E-state index < -0.39 is 6.04 Å². The molecule has 0 saturated carbocycles. The van der Waals surface area contributed by atoms with Gasteiger partial charge in [0.2, 0.25) is 17.7 Å². The van der Waals surface area contributed by atoms with Crippen molar-refractivity contribution in [2.24, 2.45) is 0 Å². The topological polar surface area (TPSA) is 100 Å². The highest BCUT2D eigenvalue weighted by Gasteiger charge is 2.19. The molecule has 3 amide bonds. The standard InChI is InChI=1S/C22H23ClN4O3S2/c1-12-21(19-9-8-17(32-19)11-24-13(2)28)27-22(31-12)26-20(30)10-18(25-14(3)29)15-4-6-16(23)7-5-15/h4-9,18H,10-11H2,1-3H3,(H,24,28)(H,25,29)(H,26,27,30). The van der Waals surface area contributed by atoms with Gasteiger partial charge in [-0.3, -0.25) is 14.4 Å². The second kappa shape index (κ2) is 10.7. The van der Waals surface area contributed by atoms with Gasteiger partial charge in [-0.2, -0.15) is 0 Å². The minimum atomic E-state index is -0.473. The maximum Gasteiger partial charge on any atom is 0.228 e. The van der Waals surface area contributed by atoms with Gasteiger partial charge < -0.3 is 16.0 Å². The molecule has 0 aliphatic carbocycles. The van der Waals surface area contributed by atoms with Crippen molar-refractivity contribution in [2.75, 3.05) is 5.32 Å². The van der Waals surface area contributed by atoms with Crippen molar-refractivity contribution in [3.05, 3.63) is 56.7 Å². The Morgan fingerprint density at radius 1 is 1.03 bits per heavy atom. The summed E-state index contributed by atoms with van der Waals surface area (Å²) in [7, 11) is 0. The van der Waals surface area contributed by atoms with E-state index in [0.29, 0.717) is 16.7 Å². The molecule has 0 bridgehead atoms. The number of anilines is 1. The third-order valence-corrected chi connectivity index (χ3v) is 6.72. The number of nitrogens with one attached hydrogen (secondary N) is 3. The Hall–Kier alpha value is -2.75. The molecule has 2 heterocycles. The number of amides is 3. The zero-order valence-electron chi connectivity index (χ0n) is 17.8. The Morgan fingerprint density at radius 3 is 2.41 bits per heavy atom. The molecule has 1 atom stereocenters. The summed E-state index contributed by atoms with van der Waals surface area (Å²) in [5.41, 5.74) is 1.60. The Kier molecular flexibility index (Phi) is 8.00. The van der Waals surface area contributed by atoms with E-state index in [2.05, 4.69) is 20.9 Å². The lowest BCUT2D eigenvalue weighted by molar-refractivity contribution is -0.121.